The van der Waals surface area contributed by atoms with Crippen molar-refractivity contribution in [2.75, 3.05) is 10.6 Å². The van der Waals surface area contributed by atoms with Gasteiger partial charge in [-0.05, 0) is 55.5 Å². The third-order valence-electron chi connectivity index (χ3n) is 4.49. The Hall–Kier alpha value is -4.18. The van der Waals surface area contributed by atoms with E-state index in [-0.39, 0.29) is 5.91 Å². The van der Waals surface area contributed by atoms with Crippen molar-refractivity contribution in [3.05, 3.63) is 78.4 Å². The molecule has 0 unspecified atom stereocenters. The van der Waals surface area contributed by atoms with Gasteiger partial charge in [-0.15, -0.1) is 0 Å². The Bertz CT molecular complexity index is 1360. The van der Waals surface area contributed by atoms with Crippen molar-refractivity contribution in [3.8, 4) is 5.82 Å². The lowest BCUT2D eigenvalue weighted by molar-refractivity contribution is 0.102. The van der Waals surface area contributed by atoms with E-state index in [0.717, 1.165) is 22.9 Å². The highest BCUT2D eigenvalue weighted by Gasteiger charge is 2.09. The van der Waals surface area contributed by atoms with Crippen molar-refractivity contribution in [2.45, 2.75) is 6.92 Å². The van der Waals surface area contributed by atoms with Crippen LogP contribution in [0.5, 0.6) is 0 Å². The molecule has 0 aliphatic carbocycles. The third kappa shape index (κ3) is 4.09. The largest absolute Gasteiger partial charge is 0.340 e. The molecule has 0 saturated heterocycles. The topological polar surface area (TPSA) is 111 Å². The maximum Gasteiger partial charge on any atom is 0.255 e. The Morgan fingerprint density at radius 2 is 1.77 bits per heavy atom. The van der Waals surface area contributed by atoms with Gasteiger partial charge >= 0.3 is 0 Å². The number of carbonyl (C=O) groups is 1. The molecule has 0 aliphatic heterocycles. The van der Waals surface area contributed by atoms with E-state index in [0.29, 0.717) is 34.2 Å². The Morgan fingerprint density at radius 3 is 2.58 bits per heavy atom. The van der Waals surface area contributed by atoms with Gasteiger partial charge in [0, 0.05) is 35.4 Å². The zero-order valence-corrected chi connectivity index (χ0v) is 17.2. The van der Waals surface area contributed by atoms with Crippen LogP contribution in [0.2, 0.25) is 0 Å². The molecular weight excluding hydrogens is 412 g/mol. The van der Waals surface area contributed by atoms with Gasteiger partial charge in [0.1, 0.15) is 22.7 Å². The summed E-state index contributed by atoms with van der Waals surface area (Å²) in [5, 5.41) is 10.4. The van der Waals surface area contributed by atoms with Gasteiger partial charge < -0.3 is 10.6 Å². The van der Waals surface area contributed by atoms with E-state index in [2.05, 4.69) is 34.4 Å². The van der Waals surface area contributed by atoms with E-state index >= 15 is 0 Å². The zero-order chi connectivity index (χ0) is 21.2. The molecule has 1 amide bonds. The van der Waals surface area contributed by atoms with Crippen molar-refractivity contribution in [1.29, 1.82) is 0 Å². The normalized spacial score (nSPS) is 10.9. The second-order valence-corrected chi connectivity index (χ2v) is 7.26. The zero-order valence-electron chi connectivity index (χ0n) is 16.4. The third-order valence-corrected chi connectivity index (χ3v) is 5.05. The minimum absolute atomic E-state index is 0.203. The van der Waals surface area contributed by atoms with E-state index in [1.165, 1.54) is 0 Å². The summed E-state index contributed by atoms with van der Waals surface area (Å²) in [6.45, 7) is 1.83. The minimum atomic E-state index is -0.203. The summed E-state index contributed by atoms with van der Waals surface area (Å²) >= 11 is 1.13. The molecule has 0 aliphatic rings. The van der Waals surface area contributed by atoms with E-state index in [1.807, 2.05) is 49.5 Å². The number of aryl methyl sites for hydroxylation is 1. The number of amides is 1. The van der Waals surface area contributed by atoms with Crippen molar-refractivity contribution >= 4 is 45.9 Å². The monoisotopic (exact) mass is 428 g/mol. The van der Waals surface area contributed by atoms with Crippen molar-refractivity contribution in [3.63, 3.8) is 0 Å². The maximum absolute atomic E-state index is 12.5. The van der Waals surface area contributed by atoms with Gasteiger partial charge in [0.2, 0.25) is 0 Å². The average molecular weight is 428 g/mol. The molecule has 2 N–H and O–H groups in total. The summed E-state index contributed by atoms with van der Waals surface area (Å²) in [4.78, 5) is 21.4. The van der Waals surface area contributed by atoms with E-state index in [4.69, 9.17) is 0 Å². The molecule has 0 atom stereocenters. The van der Waals surface area contributed by atoms with Gasteiger partial charge in [-0.2, -0.15) is 13.8 Å². The second kappa shape index (κ2) is 7.92. The van der Waals surface area contributed by atoms with Crippen molar-refractivity contribution in [1.82, 2.24) is 28.5 Å². The number of fused-ring (bicyclic) bond motifs is 1. The summed E-state index contributed by atoms with van der Waals surface area (Å²) in [6, 6.07) is 16.3. The first kappa shape index (κ1) is 18.8. The highest BCUT2D eigenvalue weighted by Crippen LogP contribution is 2.20. The van der Waals surface area contributed by atoms with Gasteiger partial charge in [0.05, 0.1) is 11.7 Å². The van der Waals surface area contributed by atoms with Gasteiger partial charge in [0.25, 0.3) is 5.91 Å². The van der Waals surface area contributed by atoms with Crippen LogP contribution >= 0.6 is 11.7 Å². The lowest BCUT2D eigenvalue weighted by atomic mass is 10.2. The first-order valence-corrected chi connectivity index (χ1v) is 10.1. The number of hydrogen-bond acceptors (Lipinski definition) is 8. The molecule has 2 aromatic carbocycles. The second-order valence-electron chi connectivity index (χ2n) is 6.73. The van der Waals surface area contributed by atoms with E-state index in [1.54, 1.807) is 29.1 Å². The summed E-state index contributed by atoms with van der Waals surface area (Å²) < 4.78 is 10.0. The number of rotatable bonds is 5. The van der Waals surface area contributed by atoms with Crippen molar-refractivity contribution < 1.29 is 4.79 Å². The highest BCUT2D eigenvalue weighted by molar-refractivity contribution is 7.00. The smallest absolute Gasteiger partial charge is 0.255 e. The number of nitrogens with one attached hydrogen (secondary N) is 2. The summed E-state index contributed by atoms with van der Waals surface area (Å²) in [7, 11) is 0. The van der Waals surface area contributed by atoms with E-state index in [9.17, 15) is 4.79 Å². The number of carbonyl (C=O) groups excluding carboxylic acids is 1. The van der Waals surface area contributed by atoms with Crippen LogP contribution in [-0.2, 0) is 0 Å². The quantitative estimate of drug-likeness (QED) is 0.436. The van der Waals surface area contributed by atoms with Crippen LogP contribution in [0.1, 0.15) is 16.2 Å². The number of hydrogen-bond donors (Lipinski definition) is 2. The molecule has 5 aromatic rings. The van der Waals surface area contributed by atoms with Crippen LogP contribution in [0, 0.1) is 6.92 Å². The number of benzene rings is 2. The fraction of sp³-hybridized carbons (Fsp3) is 0.0476. The molecule has 0 spiro atoms. The Balaban J connectivity index is 1.29. The summed E-state index contributed by atoms with van der Waals surface area (Å²) in [6.07, 6.45) is 3.52. The van der Waals surface area contributed by atoms with Gasteiger partial charge in [-0.1, -0.05) is 0 Å². The molecule has 3 aromatic heterocycles. The number of aromatic nitrogens is 6. The number of nitrogens with zero attached hydrogens (tertiary/aromatic N) is 6. The van der Waals surface area contributed by atoms with Crippen LogP contribution in [0.25, 0.3) is 16.9 Å². The minimum Gasteiger partial charge on any atom is -0.340 e. The van der Waals surface area contributed by atoms with Crippen LogP contribution in [0.15, 0.2) is 67.0 Å². The molecule has 0 radical (unpaired) electrons. The molecule has 152 valence electrons. The fourth-order valence-electron chi connectivity index (χ4n) is 3.05. The first-order valence-electron chi connectivity index (χ1n) is 9.40. The summed E-state index contributed by atoms with van der Waals surface area (Å²) in [5.41, 5.74) is 3.55. The van der Waals surface area contributed by atoms with Gasteiger partial charge in [0.15, 0.2) is 5.82 Å². The van der Waals surface area contributed by atoms with Crippen LogP contribution in [0.4, 0.5) is 17.2 Å². The van der Waals surface area contributed by atoms with E-state index < -0.39 is 0 Å². The van der Waals surface area contributed by atoms with Crippen LogP contribution in [-0.4, -0.2) is 34.4 Å². The predicted molar refractivity (Wildman–Crippen MR) is 119 cm³/mol. The Kier molecular flexibility index (Phi) is 4.81. The van der Waals surface area contributed by atoms with Gasteiger partial charge in [-0.25, -0.2) is 14.6 Å². The SMILES string of the molecule is Cc1nc(Nc2ccc(NC(=O)c3ccc4nsnc4c3)cc2)cc(-n2cccn2)n1. The Morgan fingerprint density at radius 1 is 0.968 bits per heavy atom. The predicted octanol–water partition coefficient (Wildman–Crippen LogP) is 3.97. The average Bonchev–Trinajstić information content (AvgIpc) is 3.46. The standard InChI is InChI=1S/C21H16N8OS/c1-13-23-19(12-20(24-13)29-10-2-9-22-29)25-15-4-6-16(7-5-15)26-21(30)14-3-8-17-18(11-14)28-31-27-17/h2-12H,1H3,(H,26,30)(H,23,24,25). The van der Waals surface area contributed by atoms with Crippen LogP contribution < -0.4 is 10.6 Å². The molecule has 0 bridgehead atoms. The molecular formula is C21H16N8OS. The molecule has 10 heteroatoms. The fourth-order valence-corrected chi connectivity index (χ4v) is 3.57. The molecule has 0 saturated carbocycles. The molecule has 5 rings (SSSR count). The molecule has 31 heavy (non-hydrogen) atoms. The van der Waals surface area contributed by atoms with Crippen molar-refractivity contribution in [2.24, 2.45) is 0 Å². The lowest BCUT2D eigenvalue weighted by Crippen LogP contribution is -2.11. The highest BCUT2D eigenvalue weighted by atomic mass is 32.1. The first-order chi connectivity index (χ1) is 15.1. The molecule has 9 nitrogen and oxygen atoms in total. The number of anilines is 3. The maximum atomic E-state index is 12.5. The van der Waals surface area contributed by atoms with Gasteiger partial charge in [-0.3, -0.25) is 4.79 Å². The summed E-state index contributed by atoms with van der Waals surface area (Å²) in [5.74, 6) is 1.76. The van der Waals surface area contributed by atoms with Crippen LogP contribution in [0.3, 0.4) is 0 Å². The lowest BCUT2D eigenvalue weighted by Gasteiger charge is -2.10. The Labute approximate surface area is 181 Å². The molecule has 3 heterocycles. The molecule has 0 fully saturated rings.